The Bertz CT molecular complexity index is 536. The van der Waals surface area contributed by atoms with Crippen LogP contribution in [0.3, 0.4) is 0 Å². The zero-order valence-corrected chi connectivity index (χ0v) is 11.5. The van der Waals surface area contributed by atoms with Crippen molar-refractivity contribution in [3.8, 4) is 5.82 Å². The van der Waals surface area contributed by atoms with Crippen LogP contribution < -0.4 is 5.73 Å². The van der Waals surface area contributed by atoms with E-state index in [1.165, 1.54) is 0 Å². The third-order valence-electron chi connectivity index (χ3n) is 3.05. The number of hydrogen-bond donors (Lipinski definition) is 1. The van der Waals surface area contributed by atoms with Crippen LogP contribution in [0.25, 0.3) is 5.82 Å². The van der Waals surface area contributed by atoms with Gasteiger partial charge in [-0.2, -0.15) is 5.10 Å². The van der Waals surface area contributed by atoms with Gasteiger partial charge >= 0.3 is 0 Å². The lowest BCUT2D eigenvalue weighted by Crippen LogP contribution is -2.08. The molecule has 0 amide bonds. The standard InChI is InChI=1S/C13H21N5/c1-5-6-10-15-7-8-18(10)13-11(14)12(9(2)3)16-17(13)4/h7-9H,5-6,14H2,1-4H3. The summed E-state index contributed by atoms with van der Waals surface area (Å²) in [5.41, 5.74) is 7.93. The molecule has 2 aromatic rings. The number of nitrogens with zero attached hydrogens (tertiary/aromatic N) is 4. The third-order valence-corrected chi connectivity index (χ3v) is 3.05. The van der Waals surface area contributed by atoms with E-state index in [0.29, 0.717) is 5.92 Å². The highest BCUT2D eigenvalue weighted by atomic mass is 15.3. The van der Waals surface area contributed by atoms with Crippen LogP contribution in [0.2, 0.25) is 0 Å². The van der Waals surface area contributed by atoms with Crippen LogP contribution in [0, 0.1) is 0 Å². The molecule has 2 aromatic heterocycles. The third kappa shape index (κ3) is 2.00. The number of nitrogen functional groups attached to an aromatic ring is 1. The van der Waals surface area contributed by atoms with E-state index in [0.717, 1.165) is 35.9 Å². The second-order valence-electron chi connectivity index (χ2n) is 4.86. The first-order valence-corrected chi connectivity index (χ1v) is 6.41. The number of imidazole rings is 1. The molecule has 5 nitrogen and oxygen atoms in total. The Balaban J connectivity index is 2.53. The molecule has 0 saturated heterocycles. The van der Waals surface area contributed by atoms with Crippen molar-refractivity contribution >= 4 is 5.69 Å². The first-order valence-electron chi connectivity index (χ1n) is 6.41. The van der Waals surface area contributed by atoms with Crippen LogP contribution >= 0.6 is 0 Å². The highest BCUT2D eigenvalue weighted by molar-refractivity contribution is 5.59. The Morgan fingerprint density at radius 1 is 1.39 bits per heavy atom. The minimum absolute atomic E-state index is 0.322. The summed E-state index contributed by atoms with van der Waals surface area (Å²) in [7, 11) is 1.92. The minimum atomic E-state index is 0.322. The van der Waals surface area contributed by atoms with E-state index >= 15 is 0 Å². The van der Waals surface area contributed by atoms with Crippen molar-refractivity contribution in [2.24, 2.45) is 7.05 Å². The fourth-order valence-electron chi connectivity index (χ4n) is 2.20. The second kappa shape index (κ2) is 4.84. The van der Waals surface area contributed by atoms with Gasteiger partial charge in [0.2, 0.25) is 0 Å². The number of rotatable bonds is 4. The first kappa shape index (κ1) is 12.7. The molecule has 0 aliphatic carbocycles. The first-order chi connectivity index (χ1) is 8.56. The summed E-state index contributed by atoms with van der Waals surface area (Å²) in [5.74, 6) is 2.27. The van der Waals surface area contributed by atoms with E-state index in [2.05, 4.69) is 30.9 Å². The molecule has 0 radical (unpaired) electrons. The average molecular weight is 247 g/mol. The summed E-state index contributed by atoms with van der Waals surface area (Å²) in [5, 5.41) is 4.51. The maximum Gasteiger partial charge on any atom is 0.160 e. The molecule has 0 bridgehead atoms. The summed E-state index contributed by atoms with van der Waals surface area (Å²) in [6.07, 6.45) is 5.76. The van der Waals surface area contributed by atoms with Crippen LogP contribution in [-0.2, 0) is 13.5 Å². The van der Waals surface area contributed by atoms with Gasteiger partial charge in [-0.25, -0.2) is 9.67 Å². The molecule has 0 spiro atoms. The number of aromatic nitrogens is 4. The van der Waals surface area contributed by atoms with Gasteiger partial charge in [0.25, 0.3) is 0 Å². The van der Waals surface area contributed by atoms with Gasteiger partial charge in [-0.05, 0) is 12.3 Å². The minimum Gasteiger partial charge on any atom is -0.394 e. The number of hydrogen-bond acceptors (Lipinski definition) is 3. The zero-order chi connectivity index (χ0) is 13.3. The molecule has 98 valence electrons. The molecular formula is C13H21N5. The SMILES string of the molecule is CCCc1nccn1-c1c(N)c(C(C)C)nn1C. The molecule has 2 N–H and O–H groups in total. The maximum absolute atomic E-state index is 6.23. The predicted molar refractivity (Wildman–Crippen MR) is 72.8 cm³/mol. The quantitative estimate of drug-likeness (QED) is 0.901. The van der Waals surface area contributed by atoms with Crippen molar-refractivity contribution < 1.29 is 0 Å². The van der Waals surface area contributed by atoms with Gasteiger partial charge in [0.05, 0.1) is 11.4 Å². The Kier molecular flexibility index (Phi) is 3.41. The molecule has 0 aliphatic rings. The lowest BCUT2D eigenvalue weighted by molar-refractivity contribution is 0.682. The maximum atomic E-state index is 6.23. The van der Waals surface area contributed by atoms with Gasteiger partial charge < -0.3 is 5.73 Å². The summed E-state index contributed by atoms with van der Waals surface area (Å²) in [6, 6.07) is 0. The molecule has 0 aliphatic heterocycles. The fraction of sp³-hybridized carbons (Fsp3) is 0.538. The molecular weight excluding hydrogens is 226 g/mol. The molecule has 5 heteroatoms. The van der Waals surface area contributed by atoms with Gasteiger partial charge in [-0.1, -0.05) is 20.8 Å². The smallest absolute Gasteiger partial charge is 0.160 e. The molecule has 0 atom stereocenters. The molecule has 2 rings (SSSR count). The van der Waals surface area contributed by atoms with Gasteiger partial charge in [0.1, 0.15) is 5.82 Å². The van der Waals surface area contributed by atoms with E-state index in [4.69, 9.17) is 5.73 Å². The lowest BCUT2D eigenvalue weighted by Gasteiger charge is -2.08. The zero-order valence-electron chi connectivity index (χ0n) is 11.5. The molecule has 2 heterocycles. The highest BCUT2D eigenvalue weighted by Crippen LogP contribution is 2.27. The van der Waals surface area contributed by atoms with Crippen molar-refractivity contribution in [3.63, 3.8) is 0 Å². The molecule has 0 unspecified atom stereocenters. The Morgan fingerprint density at radius 2 is 2.11 bits per heavy atom. The fourth-order valence-corrected chi connectivity index (χ4v) is 2.20. The Morgan fingerprint density at radius 3 is 2.67 bits per heavy atom. The normalized spacial score (nSPS) is 11.4. The highest BCUT2D eigenvalue weighted by Gasteiger charge is 2.18. The lowest BCUT2D eigenvalue weighted by atomic mass is 10.1. The molecule has 18 heavy (non-hydrogen) atoms. The topological polar surface area (TPSA) is 61.7 Å². The number of anilines is 1. The predicted octanol–water partition coefficient (Wildman–Crippen LogP) is 2.26. The number of aryl methyl sites for hydroxylation is 2. The summed E-state index contributed by atoms with van der Waals surface area (Å²) < 4.78 is 3.88. The summed E-state index contributed by atoms with van der Waals surface area (Å²) >= 11 is 0. The molecule has 0 aromatic carbocycles. The Labute approximate surface area is 108 Å². The van der Waals surface area contributed by atoms with E-state index in [1.807, 2.05) is 28.7 Å². The van der Waals surface area contributed by atoms with Crippen molar-refractivity contribution in [1.82, 2.24) is 19.3 Å². The van der Waals surface area contributed by atoms with Crippen LogP contribution in [-0.4, -0.2) is 19.3 Å². The molecule has 0 fully saturated rings. The second-order valence-corrected chi connectivity index (χ2v) is 4.86. The van der Waals surface area contributed by atoms with Gasteiger partial charge in [0.15, 0.2) is 5.82 Å². The van der Waals surface area contributed by atoms with Crippen LogP contribution in [0.5, 0.6) is 0 Å². The summed E-state index contributed by atoms with van der Waals surface area (Å²) in [6.45, 7) is 6.35. The van der Waals surface area contributed by atoms with E-state index in [9.17, 15) is 0 Å². The monoisotopic (exact) mass is 247 g/mol. The van der Waals surface area contributed by atoms with Gasteiger partial charge in [-0.15, -0.1) is 0 Å². The van der Waals surface area contributed by atoms with Gasteiger partial charge in [-0.3, -0.25) is 4.57 Å². The Hall–Kier alpha value is -1.78. The van der Waals surface area contributed by atoms with Gasteiger partial charge in [0, 0.05) is 25.9 Å². The number of nitrogens with two attached hydrogens (primary N) is 1. The largest absolute Gasteiger partial charge is 0.394 e. The van der Waals surface area contributed by atoms with Crippen molar-refractivity contribution in [3.05, 3.63) is 23.9 Å². The molecule has 0 saturated carbocycles. The van der Waals surface area contributed by atoms with Crippen LogP contribution in [0.15, 0.2) is 12.4 Å². The average Bonchev–Trinajstić information content (AvgIpc) is 2.84. The van der Waals surface area contributed by atoms with E-state index in [1.54, 1.807) is 0 Å². The van der Waals surface area contributed by atoms with Crippen LogP contribution in [0.1, 0.15) is 44.6 Å². The van der Waals surface area contributed by atoms with Crippen LogP contribution in [0.4, 0.5) is 5.69 Å². The van der Waals surface area contributed by atoms with Crippen molar-refractivity contribution in [2.45, 2.75) is 39.5 Å². The van der Waals surface area contributed by atoms with Crippen molar-refractivity contribution in [2.75, 3.05) is 5.73 Å². The summed E-state index contributed by atoms with van der Waals surface area (Å²) in [4.78, 5) is 4.38. The van der Waals surface area contributed by atoms with Crippen molar-refractivity contribution in [1.29, 1.82) is 0 Å². The van der Waals surface area contributed by atoms with E-state index < -0.39 is 0 Å². The van der Waals surface area contributed by atoms with E-state index in [-0.39, 0.29) is 0 Å².